The normalized spacial score (nSPS) is 10.1. The third-order valence-electron chi connectivity index (χ3n) is 1.80. The molecule has 0 aliphatic heterocycles. The lowest BCUT2D eigenvalue weighted by atomic mass is 10.1. The number of aryl methyl sites for hydroxylation is 2. The molecule has 0 atom stereocenters. The molecule has 0 N–H and O–H groups in total. The molecule has 0 aliphatic carbocycles. The number of hydrogen-bond donors (Lipinski definition) is 0. The highest BCUT2D eigenvalue weighted by Gasteiger charge is 1.97. The Hall–Kier alpha value is -0.300. The first-order valence-corrected chi connectivity index (χ1v) is 4.76. The van der Waals surface area contributed by atoms with Crippen LogP contribution >= 0.6 is 15.9 Å². The first kappa shape index (κ1) is 8.79. The second-order valence-electron chi connectivity index (χ2n) is 2.54. The van der Waals surface area contributed by atoms with Crippen LogP contribution in [0, 0.1) is 6.07 Å². The molecule has 11 heavy (non-hydrogen) atoms. The summed E-state index contributed by atoms with van der Waals surface area (Å²) in [5, 5.41) is 0. The molecular formula is C10H12Br. The van der Waals surface area contributed by atoms with Crippen molar-refractivity contribution in [3.8, 4) is 0 Å². The number of benzene rings is 1. The Balaban J connectivity index is 3.02. The van der Waals surface area contributed by atoms with Gasteiger partial charge in [-0.25, -0.2) is 0 Å². The van der Waals surface area contributed by atoms with Crippen molar-refractivity contribution < 1.29 is 0 Å². The molecule has 0 heterocycles. The maximum Gasteiger partial charge on any atom is 0.0213 e. The predicted octanol–water partition coefficient (Wildman–Crippen LogP) is 3.37. The molecule has 1 aromatic carbocycles. The van der Waals surface area contributed by atoms with Crippen molar-refractivity contribution in [3.63, 3.8) is 0 Å². The molecule has 0 saturated heterocycles. The third kappa shape index (κ3) is 2.06. The van der Waals surface area contributed by atoms with E-state index in [0.717, 1.165) is 12.8 Å². The molecule has 1 aromatic rings. The molecule has 0 saturated carbocycles. The van der Waals surface area contributed by atoms with Crippen LogP contribution in [0.2, 0.25) is 0 Å². The van der Waals surface area contributed by atoms with E-state index in [-0.39, 0.29) is 0 Å². The summed E-state index contributed by atoms with van der Waals surface area (Å²) in [6.45, 7) is 4.32. The lowest BCUT2D eigenvalue weighted by Crippen LogP contribution is -1.86. The van der Waals surface area contributed by atoms with Gasteiger partial charge >= 0.3 is 0 Å². The topological polar surface area (TPSA) is 0 Å². The summed E-state index contributed by atoms with van der Waals surface area (Å²) >= 11 is 3.49. The van der Waals surface area contributed by atoms with Gasteiger partial charge in [0.05, 0.1) is 0 Å². The van der Waals surface area contributed by atoms with Crippen LogP contribution in [0.3, 0.4) is 0 Å². The van der Waals surface area contributed by atoms with Crippen LogP contribution < -0.4 is 0 Å². The molecule has 0 aliphatic rings. The predicted molar refractivity (Wildman–Crippen MR) is 51.7 cm³/mol. The quantitative estimate of drug-likeness (QED) is 0.704. The lowest BCUT2D eigenvalue weighted by Gasteiger charge is -2.02. The van der Waals surface area contributed by atoms with Gasteiger partial charge in [-0.3, -0.25) is 0 Å². The van der Waals surface area contributed by atoms with Crippen LogP contribution in [0.25, 0.3) is 0 Å². The van der Waals surface area contributed by atoms with Gasteiger partial charge in [0, 0.05) is 4.47 Å². The first-order valence-electron chi connectivity index (χ1n) is 3.97. The first-order chi connectivity index (χ1) is 5.27. The zero-order valence-electron chi connectivity index (χ0n) is 6.95. The van der Waals surface area contributed by atoms with Crippen molar-refractivity contribution in [3.05, 3.63) is 33.8 Å². The van der Waals surface area contributed by atoms with Crippen molar-refractivity contribution >= 4 is 15.9 Å². The third-order valence-corrected chi connectivity index (χ3v) is 2.54. The summed E-state index contributed by atoms with van der Waals surface area (Å²) in [4.78, 5) is 0. The zero-order valence-corrected chi connectivity index (χ0v) is 8.53. The highest BCUT2D eigenvalue weighted by atomic mass is 79.9. The van der Waals surface area contributed by atoms with E-state index < -0.39 is 0 Å². The van der Waals surface area contributed by atoms with Gasteiger partial charge in [-0.05, 0) is 36.1 Å². The average molecular weight is 212 g/mol. The maximum atomic E-state index is 3.49. The molecule has 0 amide bonds. The van der Waals surface area contributed by atoms with Crippen molar-refractivity contribution in [1.29, 1.82) is 0 Å². The van der Waals surface area contributed by atoms with Gasteiger partial charge in [0.1, 0.15) is 0 Å². The minimum atomic E-state index is 1.07. The average Bonchev–Trinajstić information content (AvgIpc) is 2.05. The molecule has 0 aromatic heterocycles. The zero-order chi connectivity index (χ0) is 8.27. The van der Waals surface area contributed by atoms with Crippen molar-refractivity contribution in [2.24, 2.45) is 0 Å². The molecule has 0 fully saturated rings. The van der Waals surface area contributed by atoms with Gasteiger partial charge in [0.15, 0.2) is 0 Å². The fraction of sp³-hybridized carbons (Fsp3) is 0.400. The highest BCUT2D eigenvalue weighted by Crippen LogP contribution is 2.18. The summed E-state index contributed by atoms with van der Waals surface area (Å²) in [5.41, 5.74) is 2.67. The summed E-state index contributed by atoms with van der Waals surface area (Å²) in [6.07, 6.45) is 2.16. The minimum absolute atomic E-state index is 1.07. The molecule has 1 radical (unpaired) electrons. The van der Waals surface area contributed by atoms with Crippen LogP contribution in [0.15, 0.2) is 16.6 Å². The smallest absolute Gasteiger partial charge is 0.0213 e. The van der Waals surface area contributed by atoms with Gasteiger partial charge in [0.25, 0.3) is 0 Å². The fourth-order valence-corrected chi connectivity index (χ4v) is 1.55. The Labute approximate surface area is 76.8 Å². The van der Waals surface area contributed by atoms with E-state index >= 15 is 0 Å². The van der Waals surface area contributed by atoms with Crippen LogP contribution in [-0.2, 0) is 12.8 Å². The van der Waals surface area contributed by atoms with Crippen molar-refractivity contribution in [2.75, 3.05) is 0 Å². The standard InChI is InChI=1S/C10H12Br/c1-3-8-5-6-10(11)9(4-2)7-8/h6-7H,3-4H2,1-2H3. The summed E-state index contributed by atoms with van der Waals surface area (Å²) < 4.78 is 1.18. The van der Waals surface area contributed by atoms with E-state index in [9.17, 15) is 0 Å². The molecular weight excluding hydrogens is 200 g/mol. The van der Waals surface area contributed by atoms with Crippen molar-refractivity contribution in [2.45, 2.75) is 26.7 Å². The van der Waals surface area contributed by atoms with Crippen LogP contribution in [0.1, 0.15) is 25.0 Å². The summed E-state index contributed by atoms with van der Waals surface area (Å²) in [7, 11) is 0. The van der Waals surface area contributed by atoms with Gasteiger partial charge in [-0.1, -0.05) is 35.8 Å². The van der Waals surface area contributed by atoms with Gasteiger partial charge < -0.3 is 0 Å². The van der Waals surface area contributed by atoms with Crippen LogP contribution in [0.5, 0.6) is 0 Å². The van der Waals surface area contributed by atoms with E-state index in [1.807, 2.05) is 6.07 Å². The number of rotatable bonds is 2. The summed E-state index contributed by atoms with van der Waals surface area (Å²) in [6, 6.07) is 7.44. The Morgan fingerprint density at radius 2 is 2.09 bits per heavy atom. The van der Waals surface area contributed by atoms with Crippen molar-refractivity contribution in [1.82, 2.24) is 0 Å². The lowest BCUT2D eigenvalue weighted by molar-refractivity contribution is 1.07. The Kier molecular flexibility index (Phi) is 3.13. The maximum absolute atomic E-state index is 3.49. The molecule has 59 valence electrons. The second kappa shape index (κ2) is 3.91. The summed E-state index contributed by atoms with van der Waals surface area (Å²) in [5.74, 6) is 0. The van der Waals surface area contributed by atoms with E-state index in [4.69, 9.17) is 0 Å². The molecule has 0 spiro atoms. The molecule has 0 nitrogen and oxygen atoms in total. The van der Waals surface area contributed by atoms with Crippen LogP contribution in [-0.4, -0.2) is 0 Å². The molecule has 1 heteroatoms. The van der Waals surface area contributed by atoms with Crippen LogP contribution in [0.4, 0.5) is 0 Å². The van der Waals surface area contributed by atoms with Gasteiger partial charge in [-0.15, -0.1) is 0 Å². The number of halogens is 1. The highest BCUT2D eigenvalue weighted by molar-refractivity contribution is 9.10. The van der Waals surface area contributed by atoms with E-state index in [1.165, 1.54) is 15.6 Å². The minimum Gasteiger partial charge on any atom is -0.0613 e. The largest absolute Gasteiger partial charge is 0.0613 e. The van der Waals surface area contributed by atoms with Gasteiger partial charge in [0.2, 0.25) is 0 Å². The number of hydrogen-bond acceptors (Lipinski definition) is 0. The van der Waals surface area contributed by atoms with E-state index in [2.05, 4.69) is 41.9 Å². The monoisotopic (exact) mass is 211 g/mol. The second-order valence-corrected chi connectivity index (χ2v) is 3.39. The Morgan fingerprint density at radius 3 is 2.64 bits per heavy atom. The fourth-order valence-electron chi connectivity index (χ4n) is 1.04. The van der Waals surface area contributed by atoms with E-state index in [1.54, 1.807) is 0 Å². The SMILES string of the molecule is CCc1[c]cc(Br)c(CC)c1. The molecule has 0 unspecified atom stereocenters. The van der Waals surface area contributed by atoms with E-state index in [0.29, 0.717) is 0 Å². The molecule has 0 bridgehead atoms. The van der Waals surface area contributed by atoms with Gasteiger partial charge in [-0.2, -0.15) is 0 Å². The Bertz CT molecular complexity index is 241. The molecule has 1 rings (SSSR count). The Morgan fingerprint density at radius 1 is 1.36 bits per heavy atom.